The van der Waals surface area contributed by atoms with E-state index < -0.39 is 30.0 Å². The molecule has 0 bridgehead atoms. The Hall–Kier alpha value is -1.84. The van der Waals surface area contributed by atoms with Crippen LogP contribution >= 0.6 is 22.6 Å². The van der Waals surface area contributed by atoms with E-state index in [2.05, 4.69) is 29.0 Å². The van der Waals surface area contributed by atoms with Crippen LogP contribution in [0.4, 0.5) is 0 Å². The van der Waals surface area contributed by atoms with Gasteiger partial charge in [-0.15, -0.1) is 0 Å². The Kier molecular flexibility index (Phi) is 13.4. The van der Waals surface area contributed by atoms with Gasteiger partial charge in [0.25, 0.3) is 0 Å². The molecule has 3 rings (SSSR count). The Labute approximate surface area is 262 Å². The number of aliphatic hydroxyl groups is 2. The van der Waals surface area contributed by atoms with Gasteiger partial charge in [-0.2, -0.15) is 0 Å². The van der Waals surface area contributed by atoms with Crippen LogP contribution in [0.2, 0.25) is 0 Å². The molecule has 0 aliphatic carbocycles. The molecule has 0 aromatic carbocycles. The number of epoxide rings is 1. The molecule has 0 aromatic heterocycles. The zero-order valence-electron chi connectivity index (χ0n) is 24.9. The number of nitrogens with one attached hydrogen (secondary N) is 3. The van der Waals surface area contributed by atoms with Gasteiger partial charge < -0.3 is 40.4 Å². The molecule has 12 heteroatoms. The molecule has 0 unspecified atom stereocenters. The number of ether oxygens (including phenoxy) is 3. The number of carbonyl (C=O) groups is 3. The molecule has 42 heavy (non-hydrogen) atoms. The van der Waals surface area contributed by atoms with Gasteiger partial charge in [-0.25, -0.2) is 0 Å². The number of hydrogen-bond acceptors (Lipinski definition) is 8. The highest BCUT2D eigenvalue weighted by Gasteiger charge is 2.58. The normalized spacial score (nSPS) is 34.0. The van der Waals surface area contributed by atoms with E-state index in [1.54, 1.807) is 6.92 Å². The number of allylic oxidation sites excluding steroid dienone is 2. The largest absolute Gasteiger partial charge is 0.389 e. The van der Waals surface area contributed by atoms with Gasteiger partial charge in [0.05, 0.1) is 47.9 Å². The third-order valence-corrected chi connectivity index (χ3v) is 8.58. The first kappa shape index (κ1) is 34.6. The van der Waals surface area contributed by atoms with Crippen molar-refractivity contribution >= 4 is 40.3 Å². The van der Waals surface area contributed by atoms with Crippen LogP contribution < -0.4 is 16.0 Å². The van der Waals surface area contributed by atoms with Crippen molar-refractivity contribution in [2.24, 2.45) is 5.92 Å². The maximum atomic E-state index is 12.4. The van der Waals surface area contributed by atoms with E-state index in [1.165, 1.54) is 12.2 Å². The second-order valence-electron chi connectivity index (χ2n) is 11.6. The number of amides is 3. The summed E-state index contributed by atoms with van der Waals surface area (Å²) in [6, 6.07) is -0.106. The summed E-state index contributed by atoms with van der Waals surface area (Å²) in [5.74, 6) is -0.267. The van der Waals surface area contributed by atoms with Gasteiger partial charge in [0, 0.05) is 25.6 Å². The fraction of sp³-hybridized carbons (Fsp3) is 0.700. The molecule has 9 atom stereocenters. The topological polar surface area (TPSA) is 159 Å². The average Bonchev–Trinajstić information content (AvgIpc) is 3.71. The first-order chi connectivity index (χ1) is 19.9. The Morgan fingerprint density at radius 1 is 1.12 bits per heavy atom. The number of alkyl halides is 1. The Balaban J connectivity index is 1.48. The van der Waals surface area contributed by atoms with Crippen LogP contribution in [0.3, 0.4) is 0 Å². The third kappa shape index (κ3) is 10.7. The number of aliphatic hydroxyl groups excluding tert-OH is 2. The van der Waals surface area contributed by atoms with Crippen molar-refractivity contribution in [2.45, 2.75) is 102 Å². The van der Waals surface area contributed by atoms with Crippen LogP contribution in [-0.2, 0) is 28.6 Å². The average molecular weight is 704 g/mol. The van der Waals surface area contributed by atoms with Gasteiger partial charge in [0.15, 0.2) is 0 Å². The molecule has 0 aromatic rings. The lowest BCUT2D eigenvalue weighted by atomic mass is 9.87. The molecule has 5 N–H and O–H groups in total. The number of hydrogen-bond donors (Lipinski definition) is 5. The van der Waals surface area contributed by atoms with E-state index in [0.29, 0.717) is 37.0 Å². The summed E-state index contributed by atoms with van der Waals surface area (Å²) in [4.78, 5) is 35.9. The molecular formula is C30H46IN3O8. The van der Waals surface area contributed by atoms with Crippen LogP contribution in [0.1, 0.15) is 53.4 Å². The molecule has 3 aliphatic heterocycles. The Bertz CT molecular complexity index is 1030. The standard InChI is InChI=1S/C30H46IN3O8/c1-18(5-8-24-19(2)13-23(21(4)41-24)34-26(36)10-7-20(3)35)6-9-25-29(39)30(17-40-30)15-22(42-25)14-27(37)32-11-12-33-28(38)16-31/h5-7,9-10,19-25,29,35,39H,8,11-17H2,1-4H3,(H,32,37)(H,33,38)(H,34,36)/b9-6+,10-7-,18-5+/t19-,20-,21+,22+,23+,24-,25+,29+,30+/m0/s1. The highest BCUT2D eigenvalue weighted by atomic mass is 127. The first-order valence-corrected chi connectivity index (χ1v) is 16.2. The molecule has 0 radical (unpaired) electrons. The SMILES string of the molecule is CC(/C=C/[C@H]1O[C@H](CC(=O)NCCNC(=O)CI)C[C@@]2(CO2)[C@@H]1O)=C\C[C@@H]1O[C@H](C)[C@H](NC(=O)/C=C\[C@H](C)O)C[C@@H]1C. The molecule has 236 valence electrons. The summed E-state index contributed by atoms with van der Waals surface area (Å²) in [7, 11) is 0. The smallest absolute Gasteiger partial charge is 0.244 e. The van der Waals surface area contributed by atoms with E-state index >= 15 is 0 Å². The van der Waals surface area contributed by atoms with Crippen molar-refractivity contribution in [3.8, 4) is 0 Å². The minimum Gasteiger partial charge on any atom is -0.389 e. The Morgan fingerprint density at radius 2 is 1.81 bits per heavy atom. The van der Waals surface area contributed by atoms with E-state index in [4.69, 9.17) is 14.2 Å². The van der Waals surface area contributed by atoms with Crippen LogP contribution in [-0.4, -0.2) is 100 Å². The van der Waals surface area contributed by atoms with Crippen LogP contribution in [0, 0.1) is 5.92 Å². The molecule has 3 fully saturated rings. The summed E-state index contributed by atoms with van der Waals surface area (Å²) < 4.78 is 18.3. The predicted octanol–water partition coefficient (Wildman–Crippen LogP) is 1.46. The monoisotopic (exact) mass is 703 g/mol. The van der Waals surface area contributed by atoms with Crippen LogP contribution in [0.25, 0.3) is 0 Å². The Morgan fingerprint density at radius 3 is 2.45 bits per heavy atom. The second-order valence-corrected chi connectivity index (χ2v) is 12.4. The van der Waals surface area contributed by atoms with Crippen LogP contribution in [0.15, 0.2) is 36.0 Å². The fourth-order valence-corrected chi connectivity index (χ4v) is 5.59. The van der Waals surface area contributed by atoms with Gasteiger partial charge in [-0.3, -0.25) is 14.4 Å². The van der Waals surface area contributed by atoms with E-state index in [0.717, 1.165) is 12.0 Å². The molecule has 1 spiro atoms. The zero-order chi connectivity index (χ0) is 30.9. The van der Waals surface area contributed by atoms with Crippen molar-refractivity contribution in [2.75, 3.05) is 24.1 Å². The summed E-state index contributed by atoms with van der Waals surface area (Å²) >= 11 is 1.98. The molecule has 3 heterocycles. The number of rotatable bonds is 13. The van der Waals surface area contributed by atoms with Gasteiger partial charge in [-0.05, 0) is 39.5 Å². The van der Waals surface area contributed by atoms with E-state index in [1.807, 2.05) is 48.6 Å². The highest BCUT2D eigenvalue weighted by molar-refractivity contribution is 14.1. The zero-order valence-corrected chi connectivity index (χ0v) is 27.0. The fourth-order valence-electron chi connectivity index (χ4n) is 5.32. The molecule has 3 aliphatic rings. The number of halogens is 1. The van der Waals surface area contributed by atoms with Crippen molar-refractivity contribution in [3.05, 3.63) is 36.0 Å². The quantitative estimate of drug-likeness (QED) is 0.0482. The van der Waals surface area contributed by atoms with Crippen molar-refractivity contribution in [1.82, 2.24) is 16.0 Å². The van der Waals surface area contributed by atoms with Crippen molar-refractivity contribution < 1.29 is 38.8 Å². The first-order valence-electron chi connectivity index (χ1n) is 14.7. The van der Waals surface area contributed by atoms with Gasteiger partial charge >= 0.3 is 0 Å². The lowest BCUT2D eigenvalue weighted by molar-refractivity contribution is -0.145. The molecule has 3 amide bonds. The van der Waals surface area contributed by atoms with E-state index in [-0.39, 0.29) is 48.3 Å². The van der Waals surface area contributed by atoms with Gasteiger partial charge in [-0.1, -0.05) is 59.4 Å². The minimum atomic E-state index is -0.825. The summed E-state index contributed by atoms with van der Waals surface area (Å²) in [6.07, 6.45) is 8.05. The van der Waals surface area contributed by atoms with Crippen LogP contribution in [0.5, 0.6) is 0 Å². The lowest BCUT2D eigenvalue weighted by Crippen LogP contribution is -2.51. The van der Waals surface area contributed by atoms with Crippen molar-refractivity contribution in [3.63, 3.8) is 0 Å². The van der Waals surface area contributed by atoms with Crippen molar-refractivity contribution in [1.29, 1.82) is 0 Å². The van der Waals surface area contributed by atoms with Gasteiger partial charge in [0.2, 0.25) is 17.7 Å². The van der Waals surface area contributed by atoms with Gasteiger partial charge in [0.1, 0.15) is 17.8 Å². The van der Waals surface area contributed by atoms with E-state index in [9.17, 15) is 24.6 Å². The summed E-state index contributed by atoms with van der Waals surface area (Å²) in [6.45, 7) is 8.77. The maximum absolute atomic E-state index is 12.4. The molecule has 3 saturated heterocycles. The predicted molar refractivity (Wildman–Crippen MR) is 166 cm³/mol. The number of carbonyl (C=O) groups excluding carboxylic acids is 3. The molecular weight excluding hydrogens is 657 g/mol. The summed E-state index contributed by atoms with van der Waals surface area (Å²) in [5.41, 5.74) is 0.316. The minimum absolute atomic E-state index is 0.00180. The summed E-state index contributed by atoms with van der Waals surface area (Å²) in [5, 5.41) is 28.7. The maximum Gasteiger partial charge on any atom is 0.244 e. The second kappa shape index (κ2) is 16.3. The molecule has 0 saturated carbocycles. The third-order valence-electron chi connectivity index (χ3n) is 7.88. The lowest BCUT2D eigenvalue weighted by Gasteiger charge is -2.39. The molecule has 11 nitrogen and oxygen atoms in total. The highest BCUT2D eigenvalue weighted by Crippen LogP contribution is 2.43.